The van der Waals surface area contributed by atoms with Crippen LogP contribution in [0.2, 0.25) is 0 Å². The molecule has 0 aliphatic rings. The first kappa shape index (κ1) is 59.3. The van der Waals surface area contributed by atoms with Gasteiger partial charge in [0.1, 0.15) is 28.5 Å². The van der Waals surface area contributed by atoms with E-state index in [9.17, 15) is 19.8 Å². The number of methoxy groups -OCH3 is 3. The van der Waals surface area contributed by atoms with Crippen molar-refractivity contribution in [2.75, 3.05) is 74.1 Å². The van der Waals surface area contributed by atoms with Crippen LogP contribution in [0.4, 0.5) is 0 Å². The van der Waals surface area contributed by atoms with Gasteiger partial charge in [0.2, 0.25) is 0 Å². The molecule has 0 heterocycles. The van der Waals surface area contributed by atoms with E-state index < -0.39 is 11.2 Å². The van der Waals surface area contributed by atoms with E-state index in [1.807, 2.05) is 73.7 Å². The number of fused-ring (bicyclic) bond motifs is 2. The maximum atomic E-state index is 13.8. The fraction of sp³-hybridized carbons (Fsp3) is 0.205. The molecule has 0 radical (unpaired) electrons. The fourth-order valence-electron chi connectivity index (χ4n) is 13.4. The first-order valence-corrected chi connectivity index (χ1v) is 30.6. The standard InChI is InChI=1S/C78H70N2O10/c1-49-25-33-67(69(45-49)86-3)77(83,65-34-29-53-27-26-51-13-5-14-52-28-31-64(65)73(53)71(51)52)56-19-6-17-54(46-56)75(81)79-37-11-39-88-41-43-90-44-42-89-40-12-38-80-76(82)55-18-7-20-57(47-55)78(84,68-35-30-58(85-2)48-70(68)87-4)66-36-32-62-60-22-9-16-50-15-8-21-59(72(50)60)61-23-10-24-63(66)74(61)62/h5-10,13-36,45-48,83-84H,11-12,37-44H2,1-4H3,(H,79,81)(H,80,82). The highest BCUT2D eigenvalue weighted by Gasteiger charge is 2.41. The van der Waals surface area contributed by atoms with Crippen LogP contribution in [-0.2, 0) is 25.4 Å². The number of ether oxygens (including phenoxy) is 6. The predicted molar refractivity (Wildman–Crippen MR) is 359 cm³/mol. The molecule has 13 aromatic carbocycles. The molecule has 13 rings (SSSR count). The first-order chi connectivity index (χ1) is 44.0. The van der Waals surface area contributed by atoms with Crippen molar-refractivity contribution in [2.45, 2.75) is 31.0 Å². The molecule has 13 aromatic rings. The number of rotatable bonds is 25. The lowest BCUT2D eigenvalue weighted by molar-refractivity contribution is 0.0139. The average molecular weight is 1200 g/mol. The smallest absolute Gasteiger partial charge is 0.251 e. The minimum Gasteiger partial charge on any atom is -0.497 e. The number of nitrogens with one attached hydrogen (secondary N) is 2. The van der Waals surface area contributed by atoms with Crippen LogP contribution in [-0.4, -0.2) is 96.1 Å². The minimum atomic E-state index is -1.78. The van der Waals surface area contributed by atoms with Crippen molar-refractivity contribution >= 4 is 87.2 Å². The summed E-state index contributed by atoms with van der Waals surface area (Å²) >= 11 is 0. The highest BCUT2D eigenvalue weighted by atomic mass is 16.5. The second-order valence-corrected chi connectivity index (χ2v) is 23.0. The van der Waals surface area contributed by atoms with E-state index in [2.05, 4.69) is 114 Å². The Morgan fingerprint density at radius 1 is 0.378 bits per heavy atom. The number of aryl methyl sites for hydroxylation is 1. The van der Waals surface area contributed by atoms with Crippen molar-refractivity contribution in [2.24, 2.45) is 0 Å². The summed E-state index contributed by atoms with van der Waals surface area (Å²) in [4.78, 5) is 27.6. The summed E-state index contributed by atoms with van der Waals surface area (Å²) in [5.74, 6) is 1.01. The lowest BCUT2D eigenvalue weighted by Gasteiger charge is -2.33. The Labute approximate surface area is 522 Å². The third-order valence-electron chi connectivity index (χ3n) is 17.7. The Kier molecular flexibility index (Phi) is 16.8. The van der Waals surface area contributed by atoms with Gasteiger partial charge in [-0.05, 0) is 154 Å². The SMILES string of the molecule is COc1ccc(C(O)(c2cccc(C(=O)NCCCOCCOCCOCCCNC(=O)c3cccc(C(O)(c4ccc(C)cc4OC)c4ccc5ccc6cccc7ccc4c5c67)c3)c2)c2ccc3c4cccc5cccc(c6cccc2c63)c54)c(OC)c1. The van der Waals surface area contributed by atoms with Gasteiger partial charge in [0.25, 0.3) is 11.8 Å². The number of carbonyl (C=O) groups is 2. The van der Waals surface area contributed by atoms with Crippen molar-refractivity contribution < 1.29 is 48.2 Å². The molecular weight excluding hydrogens is 1120 g/mol. The zero-order valence-corrected chi connectivity index (χ0v) is 50.9. The molecule has 0 saturated carbocycles. The van der Waals surface area contributed by atoms with Crippen molar-refractivity contribution in [1.82, 2.24) is 10.6 Å². The average Bonchev–Trinajstić information content (AvgIpc) is 0.725. The molecular formula is C78H70N2O10. The molecule has 0 saturated heterocycles. The van der Waals surface area contributed by atoms with Gasteiger partial charge in [-0.2, -0.15) is 0 Å². The number of hydrogen-bond donors (Lipinski definition) is 4. The van der Waals surface area contributed by atoms with Crippen LogP contribution < -0.4 is 24.8 Å². The van der Waals surface area contributed by atoms with Gasteiger partial charge in [0.05, 0.1) is 47.8 Å². The largest absolute Gasteiger partial charge is 0.497 e. The number of hydrogen-bond acceptors (Lipinski definition) is 10. The lowest BCUT2D eigenvalue weighted by Crippen LogP contribution is -2.31. The third-order valence-corrected chi connectivity index (χ3v) is 17.7. The molecule has 2 atom stereocenters. The van der Waals surface area contributed by atoms with Crippen LogP contribution in [0.3, 0.4) is 0 Å². The van der Waals surface area contributed by atoms with E-state index in [0.717, 1.165) is 70.2 Å². The second-order valence-electron chi connectivity index (χ2n) is 23.0. The molecule has 0 aliphatic carbocycles. The Bertz CT molecular complexity index is 4730. The molecule has 0 aliphatic heterocycles. The molecule has 0 bridgehead atoms. The van der Waals surface area contributed by atoms with Crippen molar-refractivity contribution in [3.05, 3.63) is 256 Å². The number of amides is 2. The quantitative estimate of drug-likeness (QED) is 0.0188. The van der Waals surface area contributed by atoms with Crippen LogP contribution in [0.5, 0.6) is 17.2 Å². The fourth-order valence-corrected chi connectivity index (χ4v) is 13.4. The van der Waals surface area contributed by atoms with Gasteiger partial charge >= 0.3 is 0 Å². The van der Waals surface area contributed by atoms with Gasteiger partial charge in [-0.1, -0.05) is 158 Å². The number of carbonyl (C=O) groups excluding carboxylic acids is 2. The van der Waals surface area contributed by atoms with Gasteiger partial charge in [-0.3, -0.25) is 9.59 Å². The molecule has 452 valence electrons. The van der Waals surface area contributed by atoms with Crippen LogP contribution in [0, 0.1) is 6.92 Å². The van der Waals surface area contributed by atoms with E-state index in [0.29, 0.717) is 127 Å². The molecule has 2 unspecified atom stereocenters. The topological polar surface area (TPSA) is 154 Å². The molecule has 2 amide bonds. The monoisotopic (exact) mass is 1190 g/mol. The third kappa shape index (κ3) is 10.8. The number of benzene rings is 13. The summed E-state index contributed by atoms with van der Waals surface area (Å²) in [5, 5.41) is 48.3. The normalized spacial score (nSPS) is 13.2. The summed E-state index contributed by atoms with van der Waals surface area (Å²) in [6, 6.07) is 67.5. The van der Waals surface area contributed by atoms with Gasteiger partial charge in [0.15, 0.2) is 0 Å². The minimum absolute atomic E-state index is 0.260. The van der Waals surface area contributed by atoms with Crippen LogP contribution in [0.1, 0.15) is 72.5 Å². The first-order valence-electron chi connectivity index (χ1n) is 30.6. The highest BCUT2D eigenvalue weighted by molar-refractivity contribution is 6.33. The molecule has 12 nitrogen and oxygen atoms in total. The Morgan fingerprint density at radius 3 is 1.37 bits per heavy atom. The zero-order valence-electron chi connectivity index (χ0n) is 50.9. The van der Waals surface area contributed by atoms with Gasteiger partial charge in [-0.15, -0.1) is 0 Å². The van der Waals surface area contributed by atoms with Crippen molar-refractivity contribution in [3.63, 3.8) is 0 Å². The summed E-state index contributed by atoms with van der Waals surface area (Å²) in [5.41, 5.74) is 1.77. The van der Waals surface area contributed by atoms with Crippen molar-refractivity contribution in [1.29, 1.82) is 0 Å². The molecule has 90 heavy (non-hydrogen) atoms. The maximum absolute atomic E-state index is 13.8. The van der Waals surface area contributed by atoms with E-state index >= 15 is 0 Å². The van der Waals surface area contributed by atoms with E-state index in [1.54, 1.807) is 57.7 Å². The highest BCUT2D eigenvalue weighted by Crippen LogP contribution is 2.50. The molecule has 0 fully saturated rings. The Hall–Kier alpha value is -9.66. The van der Waals surface area contributed by atoms with E-state index in [1.165, 1.54) is 10.8 Å². The molecule has 12 heteroatoms. The van der Waals surface area contributed by atoms with Crippen LogP contribution in [0.15, 0.2) is 206 Å². The Morgan fingerprint density at radius 2 is 0.789 bits per heavy atom. The lowest BCUT2D eigenvalue weighted by atomic mass is 9.76. The maximum Gasteiger partial charge on any atom is 0.251 e. The van der Waals surface area contributed by atoms with Gasteiger partial charge < -0.3 is 49.3 Å². The number of aliphatic hydroxyl groups is 2. The summed E-state index contributed by atoms with van der Waals surface area (Å²) < 4.78 is 34.9. The summed E-state index contributed by atoms with van der Waals surface area (Å²) in [6.07, 6.45) is 1.17. The predicted octanol–water partition coefficient (Wildman–Crippen LogP) is 14.5. The zero-order chi connectivity index (χ0) is 61.9. The van der Waals surface area contributed by atoms with Gasteiger partial charge in [-0.25, -0.2) is 0 Å². The molecule has 0 aromatic heterocycles. The Balaban J connectivity index is 0.582. The van der Waals surface area contributed by atoms with Crippen LogP contribution >= 0.6 is 0 Å². The van der Waals surface area contributed by atoms with Crippen LogP contribution in [0.25, 0.3) is 75.4 Å². The van der Waals surface area contributed by atoms with E-state index in [4.69, 9.17) is 28.4 Å². The van der Waals surface area contributed by atoms with Gasteiger partial charge in [0, 0.05) is 65.8 Å². The van der Waals surface area contributed by atoms with E-state index in [-0.39, 0.29) is 11.8 Å². The second kappa shape index (κ2) is 25.4. The summed E-state index contributed by atoms with van der Waals surface area (Å²) in [6.45, 7) is 5.12. The summed E-state index contributed by atoms with van der Waals surface area (Å²) in [7, 11) is 4.77. The molecule has 4 N–H and O–H groups in total. The van der Waals surface area contributed by atoms with Crippen molar-refractivity contribution in [3.8, 4) is 17.2 Å². The molecule has 0 spiro atoms.